The molecule has 2 N–H and O–H groups in total. The lowest BCUT2D eigenvalue weighted by atomic mass is 10.2. The Morgan fingerprint density at radius 3 is 2.30 bits per heavy atom. The van der Waals surface area contributed by atoms with Crippen LogP contribution >= 0.6 is 0 Å². The van der Waals surface area contributed by atoms with E-state index < -0.39 is 10.0 Å². The fourth-order valence-electron chi connectivity index (χ4n) is 2.36. The van der Waals surface area contributed by atoms with Crippen LogP contribution in [0.2, 0.25) is 0 Å². The zero-order valence-electron chi connectivity index (χ0n) is 15.8. The molecule has 0 bridgehead atoms. The molecule has 0 atom stereocenters. The van der Waals surface area contributed by atoms with Gasteiger partial charge in [-0.2, -0.15) is 0 Å². The molecule has 27 heavy (non-hydrogen) atoms. The van der Waals surface area contributed by atoms with Crippen molar-refractivity contribution in [3.05, 3.63) is 48.0 Å². The van der Waals surface area contributed by atoms with Gasteiger partial charge in [0.25, 0.3) is 0 Å². The zero-order chi connectivity index (χ0) is 20.0. The highest BCUT2D eigenvalue weighted by Crippen LogP contribution is 2.29. The first-order chi connectivity index (χ1) is 12.7. The molecule has 0 aliphatic rings. The smallest absolute Gasteiger partial charge is 0.240 e. The Bertz CT molecular complexity index is 893. The molecule has 0 aromatic heterocycles. The Morgan fingerprint density at radius 1 is 1.07 bits per heavy atom. The maximum absolute atomic E-state index is 12.5. The van der Waals surface area contributed by atoms with E-state index in [2.05, 4.69) is 10.0 Å². The van der Waals surface area contributed by atoms with Crippen molar-refractivity contribution in [2.45, 2.75) is 38.3 Å². The molecule has 1 amide bonds. The third-order valence-electron chi connectivity index (χ3n) is 3.54. The van der Waals surface area contributed by atoms with Gasteiger partial charge in [-0.05, 0) is 55.8 Å². The minimum absolute atomic E-state index is 0.00344. The summed E-state index contributed by atoms with van der Waals surface area (Å²) < 4.78 is 38.4. The van der Waals surface area contributed by atoms with Gasteiger partial charge in [0.05, 0.1) is 18.1 Å². The van der Waals surface area contributed by atoms with E-state index in [9.17, 15) is 13.2 Å². The summed E-state index contributed by atoms with van der Waals surface area (Å²) >= 11 is 0. The van der Waals surface area contributed by atoms with Gasteiger partial charge in [-0.1, -0.05) is 6.07 Å². The predicted molar refractivity (Wildman–Crippen MR) is 104 cm³/mol. The van der Waals surface area contributed by atoms with Gasteiger partial charge in [-0.25, -0.2) is 13.1 Å². The van der Waals surface area contributed by atoms with Crippen molar-refractivity contribution in [3.8, 4) is 11.5 Å². The van der Waals surface area contributed by atoms with Crippen molar-refractivity contribution in [3.63, 3.8) is 0 Å². The number of benzene rings is 2. The van der Waals surface area contributed by atoms with E-state index in [0.717, 1.165) is 5.56 Å². The van der Waals surface area contributed by atoms with Crippen LogP contribution in [0.15, 0.2) is 47.4 Å². The van der Waals surface area contributed by atoms with Gasteiger partial charge in [0.1, 0.15) is 0 Å². The van der Waals surface area contributed by atoms with Gasteiger partial charge in [-0.3, -0.25) is 4.79 Å². The summed E-state index contributed by atoms with van der Waals surface area (Å²) in [4.78, 5) is 11.1. The summed E-state index contributed by atoms with van der Waals surface area (Å²) in [6.45, 7) is 5.32. The molecular weight excluding hydrogens is 368 g/mol. The molecule has 2 aromatic rings. The molecule has 0 unspecified atom stereocenters. The van der Waals surface area contributed by atoms with Gasteiger partial charge in [0.2, 0.25) is 15.9 Å². The predicted octanol–water partition coefficient (Wildman–Crippen LogP) is 2.92. The molecule has 0 spiro atoms. The van der Waals surface area contributed by atoms with Crippen LogP contribution in [0.5, 0.6) is 11.5 Å². The average Bonchev–Trinajstić information content (AvgIpc) is 2.60. The van der Waals surface area contributed by atoms with Crippen LogP contribution in [0.1, 0.15) is 26.3 Å². The van der Waals surface area contributed by atoms with E-state index in [1.165, 1.54) is 38.3 Å². The number of anilines is 1. The number of sulfonamides is 1. The molecule has 2 aromatic carbocycles. The fraction of sp³-hybridized carbons (Fsp3) is 0.316. The molecule has 0 heterocycles. The third kappa shape index (κ3) is 5.97. The number of amides is 1. The zero-order valence-corrected chi connectivity index (χ0v) is 16.6. The van der Waals surface area contributed by atoms with Crippen LogP contribution in [0, 0.1) is 0 Å². The third-order valence-corrected chi connectivity index (χ3v) is 4.96. The Labute approximate surface area is 159 Å². The number of nitrogens with one attached hydrogen (secondary N) is 2. The molecule has 0 aliphatic carbocycles. The van der Waals surface area contributed by atoms with Crippen molar-refractivity contribution >= 4 is 21.6 Å². The lowest BCUT2D eigenvalue weighted by molar-refractivity contribution is -0.114. The van der Waals surface area contributed by atoms with Crippen molar-refractivity contribution in [2.75, 3.05) is 12.4 Å². The molecular formula is C19H24N2O5S. The van der Waals surface area contributed by atoms with Crippen LogP contribution in [0.25, 0.3) is 0 Å². The maximum Gasteiger partial charge on any atom is 0.240 e. The van der Waals surface area contributed by atoms with Crippen LogP contribution in [0.3, 0.4) is 0 Å². The second-order valence-electron chi connectivity index (χ2n) is 6.18. The summed E-state index contributed by atoms with van der Waals surface area (Å²) in [6.07, 6.45) is 0.00344. The molecule has 0 radical (unpaired) electrons. The highest BCUT2D eigenvalue weighted by atomic mass is 32.2. The maximum atomic E-state index is 12.5. The number of carbonyl (C=O) groups is 1. The average molecular weight is 392 g/mol. The number of hydrogen-bond donors (Lipinski definition) is 2. The fourth-order valence-corrected chi connectivity index (χ4v) is 3.37. The Balaban J connectivity index is 2.09. The first-order valence-electron chi connectivity index (χ1n) is 8.42. The number of methoxy groups -OCH3 is 1. The van der Waals surface area contributed by atoms with Crippen molar-refractivity contribution in [1.82, 2.24) is 4.72 Å². The van der Waals surface area contributed by atoms with Crippen LogP contribution in [-0.2, 0) is 21.4 Å². The Morgan fingerprint density at radius 2 is 1.74 bits per heavy atom. The summed E-state index contributed by atoms with van der Waals surface area (Å²) in [5, 5.41) is 2.59. The SMILES string of the molecule is COc1cc(CNS(=O)(=O)c2ccc(NC(C)=O)cc2)ccc1OC(C)C. The Kier molecular flexibility index (Phi) is 6.81. The molecule has 0 saturated heterocycles. The molecule has 2 rings (SSSR count). The van der Waals surface area contributed by atoms with Crippen molar-refractivity contribution in [1.29, 1.82) is 0 Å². The quantitative estimate of drug-likeness (QED) is 0.720. The largest absolute Gasteiger partial charge is 0.493 e. The van der Waals surface area contributed by atoms with Gasteiger partial charge in [-0.15, -0.1) is 0 Å². The highest BCUT2D eigenvalue weighted by molar-refractivity contribution is 7.89. The first-order valence-corrected chi connectivity index (χ1v) is 9.90. The normalized spacial score (nSPS) is 11.3. The number of rotatable bonds is 8. The summed E-state index contributed by atoms with van der Waals surface area (Å²) in [7, 11) is -2.15. The second-order valence-corrected chi connectivity index (χ2v) is 7.95. The van der Waals surface area contributed by atoms with Crippen molar-refractivity contribution < 1.29 is 22.7 Å². The van der Waals surface area contributed by atoms with Gasteiger partial charge < -0.3 is 14.8 Å². The summed E-state index contributed by atoms with van der Waals surface area (Å²) in [5.41, 5.74) is 1.27. The number of carbonyl (C=O) groups excluding carboxylic acids is 1. The van der Waals surface area contributed by atoms with Crippen LogP contribution in [0.4, 0.5) is 5.69 Å². The number of ether oxygens (including phenoxy) is 2. The lowest BCUT2D eigenvalue weighted by Crippen LogP contribution is -2.23. The molecule has 0 aliphatic heterocycles. The van der Waals surface area contributed by atoms with Crippen LogP contribution in [-0.4, -0.2) is 27.5 Å². The van der Waals surface area contributed by atoms with E-state index in [-0.39, 0.29) is 23.5 Å². The molecule has 0 fully saturated rings. The minimum Gasteiger partial charge on any atom is -0.493 e. The standard InChI is InChI=1S/C19H24N2O5S/c1-13(2)26-18-10-5-15(11-19(18)25-4)12-20-27(23,24)17-8-6-16(7-9-17)21-14(3)22/h5-11,13,20H,12H2,1-4H3,(H,21,22). The van der Waals surface area contributed by atoms with E-state index in [1.54, 1.807) is 18.2 Å². The first kappa shape index (κ1) is 20.7. The van der Waals surface area contributed by atoms with Crippen LogP contribution < -0.4 is 19.5 Å². The van der Waals surface area contributed by atoms with E-state index >= 15 is 0 Å². The molecule has 146 valence electrons. The van der Waals surface area contributed by atoms with Gasteiger partial charge >= 0.3 is 0 Å². The Hall–Kier alpha value is -2.58. The van der Waals surface area contributed by atoms with Gasteiger partial charge in [0, 0.05) is 19.2 Å². The monoisotopic (exact) mass is 392 g/mol. The number of hydrogen-bond acceptors (Lipinski definition) is 5. The summed E-state index contributed by atoms with van der Waals surface area (Å²) in [6, 6.07) is 11.2. The molecule has 0 saturated carbocycles. The van der Waals surface area contributed by atoms with E-state index in [4.69, 9.17) is 9.47 Å². The van der Waals surface area contributed by atoms with E-state index in [1.807, 2.05) is 13.8 Å². The molecule has 8 heteroatoms. The second kappa shape index (κ2) is 8.88. The van der Waals surface area contributed by atoms with Gasteiger partial charge in [0.15, 0.2) is 11.5 Å². The molecule has 7 nitrogen and oxygen atoms in total. The minimum atomic E-state index is -3.69. The van der Waals surface area contributed by atoms with Crippen molar-refractivity contribution in [2.24, 2.45) is 0 Å². The summed E-state index contributed by atoms with van der Waals surface area (Å²) in [5.74, 6) is 0.926. The lowest BCUT2D eigenvalue weighted by Gasteiger charge is -2.15. The van der Waals surface area contributed by atoms with E-state index in [0.29, 0.717) is 17.2 Å². The topological polar surface area (TPSA) is 93.7 Å². The highest BCUT2D eigenvalue weighted by Gasteiger charge is 2.15.